The highest BCUT2D eigenvalue weighted by atomic mass is 35.5. The van der Waals surface area contributed by atoms with Crippen LogP contribution in [0.5, 0.6) is 5.88 Å². The molecular weight excluding hydrogens is 425 g/mol. The van der Waals surface area contributed by atoms with Gasteiger partial charge in [0.05, 0.1) is 16.6 Å². The molecule has 1 aromatic heterocycles. The van der Waals surface area contributed by atoms with E-state index in [1.165, 1.54) is 0 Å². The van der Waals surface area contributed by atoms with Crippen LogP contribution in [-0.2, 0) is 11.4 Å². The zero-order valence-corrected chi connectivity index (χ0v) is 18.9. The fraction of sp³-hybridized carbons (Fsp3) is 0.476. The van der Waals surface area contributed by atoms with E-state index in [-0.39, 0.29) is 5.91 Å². The summed E-state index contributed by atoms with van der Waals surface area (Å²) in [4.78, 5) is 27.4. The molecule has 1 fully saturated rings. The number of carbonyl (C=O) groups is 1. The summed E-state index contributed by atoms with van der Waals surface area (Å²) in [6.45, 7) is 9.37. The number of rotatable bonds is 8. The van der Waals surface area contributed by atoms with Crippen LogP contribution >= 0.6 is 23.2 Å². The van der Waals surface area contributed by atoms with Crippen LogP contribution < -0.4 is 9.64 Å². The minimum Gasteiger partial charge on any atom is -0.470 e. The van der Waals surface area contributed by atoms with Gasteiger partial charge < -0.3 is 14.5 Å². The molecule has 0 radical (unpaired) electrons. The molecule has 0 N–H and O–H groups in total. The van der Waals surface area contributed by atoms with Crippen molar-refractivity contribution in [3.05, 3.63) is 46.2 Å². The highest BCUT2D eigenvalue weighted by Crippen LogP contribution is 2.26. The number of amides is 1. The van der Waals surface area contributed by atoms with E-state index in [4.69, 9.17) is 27.9 Å². The van der Waals surface area contributed by atoms with Gasteiger partial charge in [-0.25, -0.2) is 9.97 Å². The van der Waals surface area contributed by atoms with E-state index in [9.17, 15) is 4.79 Å². The average molecular weight is 452 g/mol. The lowest BCUT2D eigenvalue weighted by Gasteiger charge is -2.36. The number of piperazine rings is 1. The number of likely N-dealkylation sites (N-methyl/N-ethyl adjacent to an activating group) is 1. The first-order valence-corrected chi connectivity index (χ1v) is 10.9. The zero-order valence-electron chi connectivity index (χ0n) is 17.4. The van der Waals surface area contributed by atoms with Crippen molar-refractivity contribution in [1.29, 1.82) is 0 Å². The SMILES string of the molecule is CCN(CC)C(=O)CN1CCN(c2nccnc2OCc2ccc(Cl)c(Cl)c2)CC1. The molecule has 0 unspecified atom stereocenters. The molecule has 0 spiro atoms. The Balaban J connectivity index is 1.58. The van der Waals surface area contributed by atoms with Crippen LogP contribution in [0.4, 0.5) is 5.82 Å². The second kappa shape index (κ2) is 10.8. The standard InChI is InChI=1S/C21H27Cl2N5O2/c1-3-27(4-2)19(29)14-26-9-11-28(12-10-26)20-21(25-8-7-24-20)30-15-16-5-6-17(22)18(23)13-16/h5-8,13H,3-4,9-12,14-15H2,1-2H3. The first-order chi connectivity index (χ1) is 14.5. The van der Waals surface area contributed by atoms with Crippen LogP contribution in [0.3, 0.4) is 0 Å². The highest BCUT2D eigenvalue weighted by molar-refractivity contribution is 6.42. The van der Waals surface area contributed by atoms with E-state index in [1.54, 1.807) is 24.5 Å². The molecule has 1 aliphatic rings. The van der Waals surface area contributed by atoms with Crippen molar-refractivity contribution in [3.63, 3.8) is 0 Å². The van der Waals surface area contributed by atoms with Crippen LogP contribution in [0.1, 0.15) is 19.4 Å². The summed E-state index contributed by atoms with van der Waals surface area (Å²) < 4.78 is 5.93. The lowest BCUT2D eigenvalue weighted by Crippen LogP contribution is -2.50. The maximum Gasteiger partial charge on any atom is 0.257 e. The van der Waals surface area contributed by atoms with Gasteiger partial charge in [-0.1, -0.05) is 29.3 Å². The van der Waals surface area contributed by atoms with E-state index < -0.39 is 0 Å². The quantitative estimate of drug-likeness (QED) is 0.612. The molecule has 0 saturated carbocycles. The Morgan fingerprint density at radius 3 is 2.43 bits per heavy atom. The maximum atomic E-state index is 12.4. The van der Waals surface area contributed by atoms with E-state index in [1.807, 2.05) is 24.8 Å². The van der Waals surface area contributed by atoms with Crippen molar-refractivity contribution < 1.29 is 9.53 Å². The molecular formula is C21H27Cl2N5O2. The van der Waals surface area contributed by atoms with Gasteiger partial charge in [0.25, 0.3) is 5.88 Å². The average Bonchev–Trinajstić information content (AvgIpc) is 2.76. The molecule has 0 bridgehead atoms. The van der Waals surface area contributed by atoms with Crippen LogP contribution in [0.25, 0.3) is 0 Å². The molecule has 1 saturated heterocycles. The predicted octanol–water partition coefficient (Wildman–Crippen LogP) is 3.35. The zero-order chi connectivity index (χ0) is 21.5. The normalized spacial score (nSPS) is 14.6. The Morgan fingerprint density at radius 1 is 1.07 bits per heavy atom. The molecule has 0 aliphatic carbocycles. The molecule has 1 aliphatic heterocycles. The third kappa shape index (κ3) is 5.74. The largest absolute Gasteiger partial charge is 0.470 e. The second-order valence-electron chi connectivity index (χ2n) is 7.05. The third-order valence-electron chi connectivity index (χ3n) is 5.15. The van der Waals surface area contributed by atoms with Crippen molar-refractivity contribution in [2.75, 3.05) is 50.7 Å². The molecule has 3 rings (SSSR count). The van der Waals surface area contributed by atoms with E-state index >= 15 is 0 Å². The minimum absolute atomic E-state index is 0.179. The number of hydrogen-bond donors (Lipinski definition) is 0. The van der Waals surface area contributed by atoms with Gasteiger partial charge in [-0.3, -0.25) is 9.69 Å². The molecule has 0 atom stereocenters. The van der Waals surface area contributed by atoms with Gasteiger partial charge in [-0.05, 0) is 31.5 Å². The van der Waals surface area contributed by atoms with Crippen molar-refractivity contribution in [2.24, 2.45) is 0 Å². The van der Waals surface area contributed by atoms with Gasteiger partial charge in [0.1, 0.15) is 6.61 Å². The van der Waals surface area contributed by atoms with Gasteiger partial charge in [-0.2, -0.15) is 0 Å². The number of aromatic nitrogens is 2. The molecule has 2 aromatic rings. The summed E-state index contributed by atoms with van der Waals surface area (Å²) in [7, 11) is 0. The van der Waals surface area contributed by atoms with E-state index in [0.717, 1.165) is 44.8 Å². The lowest BCUT2D eigenvalue weighted by atomic mass is 10.2. The number of carbonyl (C=O) groups excluding carboxylic acids is 1. The third-order valence-corrected chi connectivity index (χ3v) is 5.89. The maximum absolute atomic E-state index is 12.4. The van der Waals surface area contributed by atoms with Gasteiger partial charge in [0.15, 0.2) is 5.82 Å². The summed E-state index contributed by atoms with van der Waals surface area (Å²) >= 11 is 12.1. The van der Waals surface area contributed by atoms with Crippen LogP contribution in [0.15, 0.2) is 30.6 Å². The van der Waals surface area contributed by atoms with Gasteiger partial charge in [-0.15, -0.1) is 0 Å². The number of nitrogens with zero attached hydrogens (tertiary/aromatic N) is 5. The fourth-order valence-electron chi connectivity index (χ4n) is 3.40. The van der Waals surface area contributed by atoms with Crippen LogP contribution in [-0.4, -0.2) is 71.5 Å². The lowest BCUT2D eigenvalue weighted by molar-refractivity contribution is -0.132. The highest BCUT2D eigenvalue weighted by Gasteiger charge is 2.24. The first kappa shape index (κ1) is 22.6. The van der Waals surface area contributed by atoms with Crippen molar-refractivity contribution >= 4 is 34.9 Å². The molecule has 1 aromatic carbocycles. The van der Waals surface area contributed by atoms with Gasteiger partial charge in [0, 0.05) is 51.7 Å². The summed E-state index contributed by atoms with van der Waals surface area (Å²) in [6, 6.07) is 5.40. The van der Waals surface area contributed by atoms with Crippen LogP contribution in [0.2, 0.25) is 10.0 Å². The van der Waals surface area contributed by atoms with Crippen LogP contribution in [0, 0.1) is 0 Å². The first-order valence-electron chi connectivity index (χ1n) is 10.1. The Morgan fingerprint density at radius 2 is 1.77 bits per heavy atom. The van der Waals surface area contributed by atoms with Crippen molar-refractivity contribution in [3.8, 4) is 5.88 Å². The second-order valence-corrected chi connectivity index (χ2v) is 7.87. The summed E-state index contributed by atoms with van der Waals surface area (Å²) in [5, 5.41) is 1.01. The number of benzene rings is 1. The monoisotopic (exact) mass is 451 g/mol. The molecule has 2 heterocycles. The molecule has 162 valence electrons. The topological polar surface area (TPSA) is 61.8 Å². The molecule has 7 nitrogen and oxygen atoms in total. The van der Waals surface area contributed by atoms with Crippen molar-refractivity contribution in [2.45, 2.75) is 20.5 Å². The van der Waals surface area contributed by atoms with Gasteiger partial charge >= 0.3 is 0 Å². The Hall–Kier alpha value is -2.09. The predicted molar refractivity (Wildman–Crippen MR) is 119 cm³/mol. The summed E-state index contributed by atoms with van der Waals surface area (Å²) in [5.41, 5.74) is 0.903. The Bertz CT molecular complexity index is 855. The minimum atomic E-state index is 0.179. The van der Waals surface area contributed by atoms with E-state index in [0.29, 0.717) is 34.9 Å². The fourth-order valence-corrected chi connectivity index (χ4v) is 3.72. The van der Waals surface area contributed by atoms with E-state index in [2.05, 4.69) is 19.8 Å². The summed E-state index contributed by atoms with van der Waals surface area (Å²) in [6.07, 6.45) is 3.28. The van der Waals surface area contributed by atoms with Gasteiger partial charge in [0.2, 0.25) is 5.91 Å². The Labute approximate surface area is 187 Å². The Kier molecular flexibility index (Phi) is 8.13. The number of halogens is 2. The molecule has 9 heteroatoms. The number of anilines is 1. The molecule has 30 heavy (non-hydrogen) atoms. The summed E-state index contributed by atoms with van der Waals surface area (Å²) in [5.74, 6) is 1.38. The van der Waals surface area contributed by atoms with Crippen molar-refractivity contribution in [1.82, 2.24) is 19.8 Å². The number of hydrogen-bond acceptors (Lipinski definition) is 6. The smallest absolute Gasteiger partial charge is 0.257 e. The molecule has 1 amide bonds. The number of ether oxygens (including phenoxy) is 1.